The fraction of sp³-hybridized carbons (Fsp3) is 0.154. The van der Waals surface area contributed by atoms with Gasteiger partial charge in [0.2, 0.25) is 5.95 Å². The Kier molecular flexibility index (Phi) is 3.76. The first-order valence-corrected chi connectivity index (χ1v) is 5.92. The summed E-state index contributed by atoms with van der Waals surface area (Å²) in [6.45, 7) is 3.33. The summed E-state index contributed by atoms with van der Waals surface area (Å²) >= 11 is 5.77. The minimum atomic E-state index is -0.412. The van der Waals surface area contributed by atoms with Gasteiger partial charge in [-0.3, -0.25) is 10.1 Å². The van der Waals surface area contributed by atoms with E-state index in [0.29, 0.717) is 16.8 Å². The summed E-state index contributed by atoms with van der Waals surface area (Å²) in [5.74, 6) is -0.645. The first-order chi connectivity index (χ1) is 8.95. The highest BCUT2D eigenvalue weighted by molar-refractivity contribution is 6.29. The molecule has 0 saturated carbocycles. The summed E-state index contributed by atoms with van der Waals surface area (Å²) in [6.07, 6.45) is 0. The van der Waals surface area contributed by atoms with Crippen molar-refractivity contribution in [3.8, 4) is 0 Å². The Bertz CT molecular complexity index is 626. The molecule has 1 heterocycles. The van der Waals surface area contributed by atoms with E-state index in [4.69, 9.17) is 11.6 Å². The number of carbonyl (C=O) groups excluding carboxylic acids is 1. The van der Waals surface area contributed by atoms with Crippen LogP contribution < -0.4 is 5.32 Å². The molecule has 1 aromatic heterocycles. The number of aryl methyl sites for hydroxylation is 2. The van der Waals surface area contributed by atoms with E-state index in [9.17, 15) is 9.18 Å². The molecule has 0 saturated heterocycles. The van der Waals surface area contributed by atoms with Crippen LogP contribution in [0.25, 0.3) is 0 Å². The van der Waals surface area contributed by atoms with Crippen LogP contribution in [0.15, 0.2) is 24.3 Å². The van der Waals surface area contributed by atoms with Crippen LogP contribution in [0.4, 0.5) is 10.3 Å². The highest BCUT2D eigenvalue weighted by Gasteiger charge is 2.10. The second kappa shape index (κ2) is 5.32. The molecule has 1 aromatic carbocycles. The van der Waals surface area contributed by atoms with E-state index in [0.717, 1.165) is 0 Å². The molecule has 0 bridgehead atoms. The van der Waals surface area contributed by atoms with E-state index in [1.165, 1.54) is 18.2 Å². The van der Waals surface area contributed by atoms with E-state index < -0.39 is 5.91 Å². The van der Waals surface area contributed by atoms with Crippen LogP contribution in [0.2, 0.25) is 5.15 Å². The molecule has 0 atom stereocenters. The predicted octanol–water partition coefficient (Wildman–Crippen LogP) is 3.14. The van der Waals surface area contributed by atoms with Crippen LogP contribution in [-0.2, 0) is 0 Å². The van der Waals surface area contributed by atoms with Crippen molar-refractivity contribution >= 4 is 23.5 Å². The zero-order chi connectivity index (χ0) is 14.0. The van der Waals surface area contributed by atoms with Gasteiger partial charge < -0.3 is 0 Å². The van der Waals surface area contributed by atoms with Gasteiger partial charge in [0.25, 0.3) is 5.91 Å². The molecule has 0 aliphatic heterocycles. The number of nitrogens with zero attached hydrogens (tertiary/aromatic N) is 2. The maximum Gasteiger partial charge on any atom is 0.258 e. The van der Waals surface area contributed by atoms with Gasteiger partial charge >= 0.3 is 0 Å². The third-order valence-corrected chi connectivity index (χ3v) is 2.66. The lowest BCUT2D eigenvalue weighted by Gasteiger charge is -2.06. The summed E-state index contributed by atoms with van der Waals surface area (Å²) in [4.78, 5) is 19.9. The molecule has 1 amide bonds. The second-order valence-electron chi connectivity index (χ2n) is 4.07. The summed E-state index contributed by atoms with van der Waals surface area (Å²) in [5.41, 5.74) is 1.38. The van der Waals surface area contributed by atoms with E-state index in [-0.39, 0.29) is 16.9 Å². The van der Waals surface area contributed by atoms with Crippen molar-refractivity contribution < 1.29 is 9.18 Å². The monoisotopic (exact) mass is 279 g/mol. The lowest BCUT2D eigenvalue weighted by atomic mass is 10.1. The number of anilines is 1. The highest BCUT2D eigenvalue weighted by atomic mass is 35.5. The van der Waals surface area contributed by atoms with E-state index >= 15 is 0 Å². The van der Waals surface area contributed by atoms with Crippen LogP contribution in [0.5, 0.6) is 0 Å². The lowest BCUT2D eigenvalue weighted by molar-refractivity contribution is 0.102. The molecule has 6 heteroatoms. The molecule has 2 rings (SSSR count). The molecule has 0 spiro atoms. The van der Waals surface area contributed by atoms with Crippen molar-refractivity contribution in [2.75, 3.05) is 5.32 Å². The lowest BCUT2D eigenvalue weighted by Crippen LogP contribution is -2.15. The quantitative estimate of drug-likeness (QED) is 0.859. The van der Waals surface area contributed by atoms with Crippen LogP contribution in [-0.4, -0.2) is 15.9 Å². The minimum Gasteiger partial charge on any atom is -0.290 e. The second-order valence-corrected chi connectivity index (χ2v) is 4.46. The van der Waals surface area contributed by atoms with Crippen LogP contribution in [0, 0.1) is 19.7 Å². The number of amides is 1. The smallest absolute Gasteiger partial charge is 0.258 e. The van der Waals surface area contributed by atoms with Gasteiger partial charge in [0.1, 0.15) is 11.0 Å². The van der Waals surface area contributed by atoms with Gasteiger partial charge in [0.15, 0.2) is 0 Å². The summed E-state index contributed by atoms with van der Waals surface area (Å²) in [6, 6.07) is 5.69. The fourth-order valence-corrected chi connectivity index (χ4v) is 1.78. The number of rotatable bonds is 2. The Morgan fingerprint density at radius 1 is 1.26 bits per heavy atom. The molecular weight excluding hydrogens is 269 g/mol. The Morgan fingerprint density at radius 3 is 2.63 bits per heavy atom. The molecule has 0 unspecified atom stereocenters. The third kappa shape index (κ3) is 3.26. The van der Waals surface area contributed by atoms with Crippen molar-refractivity contribution in [2.45, 2.75) is 13.8 Å². The van der Waals surface area contributed by atoms with Crippen LogP contribution in [0.3, 0.4) is 0 Å². The average Bonchev–Trinajstić information content (AvgIpc) is 2.31. The summed E-state index contributed by atoms with van der Waals surface area (Å²) < 4.78 is 13.1. The SMILES string of the molecule is Cc1cc(Cl)nc(NC(=O)c2ccc(F)c(C)c2)n1. The maximum absolute atomic E-state index is 13.1. The number of carbonyl (C=O) groups is 1. The molecule has 0 aliphatic rings. The number of halogens is 2. The zero-order valence-corrected chi connectivity index (χ0v) is 11.1. The van der Waals surface area contributed by atoms with Crippen LogP contribution in [0.1, 0.15) is 21.6 Å². The van der Waals surface area contributed by atoms with Gasteiger partial charge in [-0.25, -0.2) is 14.4 Å². The van der Waals surface area contributed by atoms with Crippen molar-refractivity contribution in [2.24, 2.45) is 0 Å². The van der Waals surface area contributed by atoms with Gasteiger partial charge in [-0.2, -0.15) is 0 Å². The number of benzene rings is 1. The number of aromatic nitrogens is 2. The molecule has 0 aliphatic carbocycles. The third-order valence-electron chi connectivity index (χ3n) is 2.47. The number of nitrogens with one attached hydrogen (secondary N) is 1. The normalized spacial score (nSPS) is 10.3. The Balaban J connectivity index is 2.22. The van der Waals surface area contributed by atoms with E-state index in [1.54, 1.807) is 19.9 Å². The topological polar surface area (TPSA) is 54.9 Å². The van der Waals surface area contributed by atoms with Crippen molar-refractivity contribution in [3.63, 3.8) is 0 Å². The maximum atomic E-state index is 13.1. The first-order valence-electron chi connectivity index (χ1n) is 5.54. The Morgan fingerprint density at radius 2 is 2.00 bits per heavy atom. The van der Waals surface area contributed by atoms with Crippen molar-refractivity contribution in [1.82, 2.24) is 9.97 Å². The molecule has 0 radical (unpaired) electrons. The fourth-order valence-electron chi connectivity index (χ4n) is 1.55. The molecule has 98 valence electrons. The van der Waals surface area contributed by atoms with Gasteiger partial charge in [-0.1, -0.05) is 11.6 Å². The summed E-state index contributed by atoms with van der Waals surface area (Å²) in [5, 5.41) is 2.77. The van der Waals surface area contributed by atoms with Crippen molar-refractivity contribution in [3.05, 3.63) is 52.1 Å². The minimum absolute atomic E-state index is 0.122. The molecule has 1 N–H and O–H groups in total. The Labute approximate surface area is 114 Å². The zero-order valence-electron chi connectivity index (χ0n) is 10.4. The van der Waals surface area contributed by atoms with E-state index in [1.807, 2.05) is 0 Å². The molecule has 19 heavy (non-hydrogen) atoms. The number of hydrogen-bond donors (Lipinski definition) is 1. The number of hydrogen-bond acceptors (Lipinski definition) is 3. The molecule has 0 fully saturated rings. The standard InChI is InChI=1S/C13H11ClFN3O/c1-7-5-9(3-4-10(7)15)12(19)18-13-16-8(2)6-11(14)17-13/h3-6H,1-2H3,(H,16,17,18,19). The van der Waals surface area contributed by atoms with E-state index in [2.05, 4.69) is 15.3 Å². The van der Waals surface area contributed by atoms with Gasteiger partial charge in [0.05, 0.1) is 0 Å². The molecule has 4 nitrogen and oxygen atoms in total. The first kappa shape index (κ1) is 13.4. The van der Waals surface area contributed by atoms with Crippen molar-refractivity contribution in [1.29, 1.82) is 0 Å². The van der Waals surface area contributed by atoms with Gasteiger partial charge in [-0.15, -0.1) is 0 Å². The Hall–Kier alpha value is -2.01. The van der Waals surface area contributed by atoms with Gasteiger partial charge in [-0.05, 0) is 43.7 Å². The highest BCUT2D eigenvalue weighted by Crippen LogP contribution is 2.13. The average molecular weight is 280 g/mol. The van der Waals surface area contributed by atoms with Crippen LogP contribution >= 0.6 is 11.6 Å². The summed E-state index contributed by atoms with van der Waals surface area (Å²) in [7, 11) is 0. The molecule has 2 aromatic rings. The predicted molar refractivity (Wildman–Crippen MR) is 70.9 cm³/mol. The molecular formula is C13H11ClFN3O. The van der Waals surface area contributed by atoms with Gasteiger partial charge in [0, 0.05) is 11.3 Å². The largest absolute Gasteiger partial charge is 0.290 e.